The predicted molar refractivity (Wildman–Crippen MR) is 108 cm³/mol. The highest BCUT2D eigenvalue weighted by Crippen LogP contribution is 2.26. The summed E-state index contributed by atoms with van der Waals surface area (Å²) >= 11 is 3.51. The number of benzene rings is 1. The van der Waals surface area contributed by atoms with Gasteiger partial charge in [-0.1, -0.05) is 0 Å². The molecule has 3 aromatic rings. The van der Waals surface area contributed by atoms with Crippen molar-refractivity contribution in [1.29, 1.82) is 0 Å². The van der Waals surface area contributed by atoms with Crippen LogP contribution in [0.3, 0.4) is 0 Å². The number of hydrogen-bond acceptors (Lipinski definition) is 5. The van der Waals surface area contributed by atoms with Gasteiger partial charge in [0, 0.05) is 54.2 Å². The molecule has 0 radical (unpaired) electrons. The molecule has 1 aliphatic rings. The average molecular weight is 435 g/mol. The second-order valence-electron chi connectivity index (χ2n) is 6.44. The number of aromatic amines is 1. The van der Waals surface area contributed by atoms with Crippen LogP contribution in [0.4, 0.5) is 11.5 Å². The Morgan fingerprint density at radius 3 is 2.31 bits per heavy atom. The van der Waals surface area contributed by atoms with Crippen LogP contribution in [0.5, 0.6) is 0 Å². The maximum Gasteiger partial charge on any atom is 0.175 e. The van der Waals surface area contributed by atoms with Gasteiger partial charge in [-0.15, -0.1) is 0 Å². The van der Waals surface area contributed by atoms with Crippen molar-refractivity contribution in [3.8, 4) is 0 Å². The first-order chi connectivity index (χ1) is 12.4. The Balaban J connectivity index is 1.46. The van der Waals surface area contributed by atoms with E-state index in [0.717, 1.165) is 53.2 Å². The molecular formula is C18H19BrN4O2S. The Kier molecular flexibility index (Phi) is 4.40. The number of H-pyrrole nitrogens is 1. The zero-order valence-electron chi connectivity index (χ0n) is 14.3. The molecule has 1 fully saturated rings. The predicted octanol–water partition coefficient (Wildman–Crippen LogP) is 3.06. The molecule has 0 unspecified atom stereocenters. The van der Waals surface area contributed by atoms with Crippen LogP contribution < -0.4 is 9.80 Å². The van der Waals surface area contributed by atoms with Gasteiger partial charge in [-0.25, -0.2) is 13.4 Å². The largest absolute Gasteiger partial charge is 0.368 e. The highest BCUT2D eigenvalue weighted by molar-refractivity contribution is 9.10. The summed E-state index contributed by atoms with van der Waals surface area (Å²) in [4.78, 5) is 12.8. The second-order valence-corrected chi connectivity index (χ2v) is 9.31. The molecule has 3 heterocycles. The summed E-state index contributed by atoms with van der Waals surface area (Å²) in [7, 11) is -3.15. The number of nitrogens with one attached hydrogen (secondary N) is 1. The average Bonchev–Trinajstić information content (AvgIpc) is 3.02. The molecule has 8 heteroatoms. The van der Waals surface area contributed by atoms with Crippen LogP contribution in [0, 0.1) is 0 Å². The zero-order chi connectivity index (χ0) is 18.3. The molecule has 1 aromatic carbocycles. The van der Waals surface area contributed by atoms with E-state index in [2.05, 4.69) is 42.8 Å². The second kappa shape index (κ2) is 6.59. The number of aromatic nitrogens is 2. The molecule has 0 amide bonds. The van der Waals surface area contributed by atoms with Crippen molar-refractivity contribution >= 4 is 48.3 Å². The van der Waals surface area contributed by atoms with E-state index in [0.29, 0.717) is 4.90 Å². The van der Waals surface area contributed by atoms with Crippen LogP contribution in [0.25, 0.3) is 11.0 Å². The fourth-order valence-electron chi connectivity index (χ4n) is 3.24. The minimum Gasteiger partial charge on any atom is -0.368 e. The maximum absolute atomic E-state index is 11.6. The fraction of sp³-hybridized carbons (Fsp3) is 0.278. The number of pyridine rings is 1. The number of nitrogens with zero attached hydrogens (tertiary/aromatic N) is 3. The molecular weight excluding hydrogens is 416 g/mol. The van der Waals surface area contributed by atoms with Crippen LogP contribution in [-0.4, -0.2) is 50.8 Å². The lowest BCUT2D eigenvalue weighted by Gasteiger charge is -2.36. The Bertz CT molecular complexity index is 1040. The molecule has 2 aromatic heterocycles. The molecule has 0 bridgehead atoms. The summed E-state index contributed by atoms with van der Waals surface area (Å²) in [5.74, 6) is 0.971. The standard InChI is InChI=1S/C18H19BrN4O2S/c1-26(24,25)14-4-2-13(3-5-14)22-8-10-23(11-9-22)17-7-6-15-16(19)12-20-18(15)21-17/h2-7,12H,8-11H2,1H3,(H,20,21). The number of rotatable bonds is 3. The summed E-state index contributed by atoms with van der Waals surface area (Å²) in [6.07, 6.45) is 3.13. The lowest BCUT2D eigenvalue weighted by atomic mass is 10.2. The van der Waals surface area contributed by atoms with Gasteiger partial charge in [-0.05, 0) is 52.3 Å². The molecule has 26 heavy (non-hydrogen) atoms. The topological polar surface area (TPSA) is 69.3 Å². The SMILES string of the molecule is CS(=O)(=O)c1ccc(N2CCN(c3ccc4c(Br)c[nH]c4n3)CC2)cc1. The summed E-state index contributed by atoms with van der Waals surface area (Å²) in [5, 5.41) is 1.08. The van der Waals surface area contributed by atoms with E-state index in [-0.39, 0.29) is 0 Å². The van der Waals surface area contributed by atoms with Crippen molar-refractivity contribution in [1.82, 2.24) is 9.97 Å². The fourth-order valence-corrected chi connectivity index (χ4v) is 4.30. The van der Waals surface area contributed by atoms with E-state index < -0.39 is 9.84 Å². The van der Waals surface area contributed by atoms with Crippen molar-refractivity contribution in [3.63, 3.8) is 0 Å². The van der Waals surface area contributed by atoms with Crippen LogP contribution in [0.15, 0.2) is 52.0 Å². The van der Waals surface area contributed by atoms with Crippen molar-refractivity contribution in [2.24, 2.45) is 0 Å². The van der Waals surface area contributed by atoms with Gasteiger partial charge in [0.1, 0.15) is 11.5 Å². The molecule has 136 valence electrons. The lowest BCUT2D eigenvalue weighted by molar-refractivity contribution is 0.602. The Morgan fingerprint density at radius 1 is 1.00 bits per heavy atom. The first kappa shape index (κ1) is 17.4. The monoisotopic (exact) mass is 434 g/mol. The summed E-state index contributed by atoms with van der Waals surface area (Å²) in [6, 6.07) is 11.2. The van der Waals surface area contributed by atoms with Crippen LogP contribution >= 0.6 is 15.9 Å². The van der Waals surface area contributed by atoms with Crippen LogP contribution in [0.1, 0.15) is 0 Å². The number of anilines is 2. The molecule has 1 aliphatic heterocycles. The van der Waals surface area contributed by atoms with Gasteiger partial charge in [0.15, 0.2) is 9.84 Å². The molecule has 1 saturated heterocycles. The van der Waals surface area contributed by atoms with Gasteiger partial charge in [-0.2, -0.15) is 0 Å². The number of piperazine rings is 1. The van der Waals surface area contributed by atoms with Gasteiger partial charge in [0.25, 0.3) is 0 Å². The first-order valence-corrected chi connectivity index (χ1v) is 11.0. The molecule has 4 rings (SSSR count). The third-order valence-corrected chi connectivity index (χ3v) is 6.49. The third-order valence-electron chi connectivity index (χ3n) is 4.71. The highest BCUT2D eigenvalue weighted by atomic mass is 79.9. The highest BCUT2D eigenvalue weighted by Gasteiger charge is 2.19. The molecule has 0 saturated carbocycles. The smallest absolute Gasteiger partial charge is 0.175 e. The van der Waals surface area contributed by atoms with Crippen molar-refractivity contribution in [3.05, 3.63) is 47.1 Å². The maximum atomic E-state index is 11.6. The van der Waals surface area contributed by atoms with Crippen molar-refractivity contribution in [2.45, 2.75) is 4.90 Å². The third kappa shape index (κ3) is 3.31. The Morgan fingerprint density at radius 2 is 1.65 bits per heavy atom. The molecule has 0 spiro atoms. The molecule has 1 N–H and O–H groups in total. The van der Waals surface area contributed by atoms with Crippen LogP contribution in [0.2, 0.25) is 0 Å². The minimum absolute atomic E-state index is 0.356. The Labute approximate surface area is 160 Å². The number of hydrogen-bond donors (Lipinski definition) is 1. The van der Waals surface area contributed by atoms with E-state index in [9.17, 15) is 8.42 Å². The Hall–Kier alpha value is -2.06. The van der Waals surface area contributed by atoms with Gasteiger partial charge >= 0.3 is 0 Å². The van der Waals surface area contributed by atoms with Crippen LogP contribution in [-0.2, 0) is 9.84 Å². The number of sulfone groups is 1. The lowest BCUT2D eigenvalue weighted by Crippen LogP contribution is -2.46. The van der Waals surface area contributed by atoms with Crippen molar-refractivity contribution in [2.75, 3.05) is 42.2 Å². The van der Waals surface area contributed by atoms with E-state index >= 15 is 0 Å². The summed E-state index contributed by atoms with van der Waals surface area (Å²) in [5.41, 5.74) is 1.93. The molecule has 0 aliphatic carbocycles. The minimum atomic E-state index is -3.15. The number of halogens is 1. The van der Waals surface area contributed by atoms with Gasteiger partial charge in [0.05, 0.1) is 4.90 Å². The van der Waals surface area contributed by atoms with Gasteiger partial charge < -0.3 is 14.8 Å². The van der Waals surface area contributed by atoms with E-state index in [1.54, 1.807) is 12.1 Å². The quantitative estimate of drug-likeness (QED) is 0.685. The van der Waals surface area contributed by atoms with Gasteiger partial charge in [0.2, 0.25) is 0 Å². The van der Waals surface area contributed by atoms with E-state index in [1.165, 1.54) is 6.26 Å². The number of fused-ring (bicyclic) bond motifs is 1. The first-order valence-electron chi connectivity index (χ1n) is 8.35. The van der Waals surface area contributed by atoms with Crippen molar-refractivity contribution < 1.29 is 8.42 Å². The van der Waals surface area contributed by atoms with E-state index in [4.69, 9.17) is 4.98 Å². The normalized spacial score (nSPS) is 15.6. The molecule has 6 nitrogen and oxygen atoms in total. The zero-order valence-corrected chi connectivity index (χ0v) is 16.7. The summed E-state index contributed by atoms with van der Waals surface area (Å²) < 4.78 is 24.2. The summed E-state index contributed by atoms with van der Waals surface area (Å²) in [6.45, 7) is 3.47. The van der Waals surface area contributed by atoms with E-state index in [1.807, 2.05) is 18.3 Å². The molecule has 0 atom stereocenters. The van der Waals surface area contributed by atoms with Gasteiger partial charge in [-0.3, -0.25) is 0 Å².